The van der Waals surface area contributed by atoms with Crippen LogP contribution >= 0.6 is 24.0 Å². The molecule has 4 nitrogen and oxygen atoms in total. The molecule has 0 spiro atoms. The maximum absolute atomic E-state index is 5.55. The molecule has 0 aliphatic heterocycles. The van der Waals surface area contributed by atoms with Gasteiger partial charge in [0.05, 0.1) is 0 Å². The second kappa shape index (κ2) is 12.3. The Hall–Kier alpha value is -0.300. The number of ether oxygens (including phenoxy) is 1. The number of aliphatic imine (C=N–C) groups is 1. The summed E-state index contributed by atoms with van der Waals surface area (Å²) < 4.78 is 5.55. The molecule has 0 unspecified atom stereocenters. The maximum Gasteiger partial charge on any atom is 0.191 e. The Morgan fingerprint density at radius 2 is 2.00 bits per heavy atom. The zero-order valence-electron chi connectivity index (χ0n) is 13.6. The van der Waals surface area contributed by atoms with Crippen molar-refractivity contribution < 1.29 is 4.74 Å². The van der Waals surface area contributed by atoms with Crippen LogP contribution in [0.1, 0.15) is 46.0 Å². The molecule has 124 valence electrons. The van der Waals surface area contributed by atoms with Crippen molar-refractivity contribution in [3.63, 3.8) is 0 Å². The third-order valence-electron chi connectivity index (χ3n) is 3.98. The third-order valence-corrected chi connectivity index (χ3v) is 3.98. The maximum atomic E-state index is 5.55. The highest BCUT2D eigenvalue weighted by Crippen LogP contribution is 2.41. The van der Waals surface area contributed by atoms with E-state index in [1.54, 1.807) is 0 Å². The first-order valence-corrected chi connectivity index (χ1v) is 7.97. The van der Waals surface area contributed by atoms with E-state index in [1.807, 2.05) is 6.08 Å². The van der Waals surface area contributed by atoms with E-state index in [4.69, 9.17) is 9.73 Å². The molecule has 0 aromatic heterocycles. The summed E-state index contributed by atoms with van der Waals surface area (Å²) in [6, 6.07) is 0. The molecule has 1 aliphatic carbocycles. The molecule has 1 rings (SSSR count). The van der Waals surface area contributed by atoms with E-state index in [2.05, 4.69) is 31.1 Å². The molecule has 0 amide bonds. The lowest BCUT2D eigenvalue weighted by molar-refractivity contribution is 0.107. The Morgan fingerprint density at radius 3 is 2.57 bits per heavy atom. The number of nitrogens with one attached hydrogen (secondary N) is 2. The topological polar surface area (TPSA) is 45.7 Å². The summed E-state index contributed by atoms with van der Waals surface area (Å²) in [6.07, 6.45) is 8.21. The molecule has 5 heteroatoms. The van der Waals surface area contributed by atoms with E-state index in [9.17, 15) is 0 Å². The van der Waals surface area contributed by atoms with Gasteiger partial charge in [-0.2, -0.15) is 0 Å². The second-order valence-corrected chi connectivity index (χ2v) is 5.52. The molecule has 1 fully saturated rings. The van der Waals surface area contributed by atoms with Gasteiger partial charge in [-0.25, -0.2) is 0 Å². The fourth-order valence-electron chi connectivity index (χ4n) is 2.80. The first-order valence-electron chi connectivity index (χ1n) is 7.97. The van der Waals surface area contributed by atoms with Crippen LogP contribution in [-0.2, 0) is 4.74 Å². The lowest BCUT2D eigenvalue weighted by atomic mass is 9.83. The Morgan fingerprint density at radius 1 is 1.29 bits per heavy atom. The zero-order chi connectivity index (χ0) is 14.7. The SMILES string of the molecule is C=CCNC(=NCC1(CCOCC)CCCC1)NCC.I. The minimum Gasteiger partial charge on any atom is -0.382 e. The number of hydrogen-bond donors (Lipinski definition) is 2. The van der Waals surface area contributed by atoms with Crippen molar-refractivity contribution in [1.82, 2.24) is 10.6 Å². The highest BCUT2D eigenvalue weighted by Gasteiger charge is 2.33. The van der Waals surface area contributed by atoms with Crippen LogP contribution in [0.25, 0.3) is 0 Å². The molecular weight excluding hydrogens is 377 g/mol. The van der Waals surface area contributed by atoms with Gasteiger partial charge >= 0.3 is 0 Å². The smallest absolute Gasteiger partial charge is 0.191 e. The van der Waals surface area contributed by atoms with Gasteiger partial charge in [-0.15, -0.1) is 30.6 Å². The van der Waals surface area contributed by atoms with Crippen LogP contribution in [-0.4, -0.2) is 38.8 Å². The van der Waals surface area contributed by atoms with Gasteiger partial charge < -0.3 is 15.4 Å². The van der Waals surface area contributed by atoms with Crippen molar-refractivity contribution in [2.75, 3.05) is 32.8 Å². The van der Waals surface area contributed by atoms with Gasteiger partial charge in [0, 0.05) is 32.8 Å². The lowest BCUT2D eigenvalue weighted by Crippen LogP contribution is -2.38. The predicted octanol–water partition coefficient (Wildman–Crippen LogP) is 3.33. The lowest BCUT2D eigenvalue weighted by Gasteiger charge is -2.27. The molecule has 0 aromatic carbocycles. The van der Waals surface area contributed by atoms with Crippen LogP contribution in [0.4, 0.5) is 0 Å². The Kier molecular flexibility index (Phi) is 12.1. The van der Waals surface area contributed by atoms with Gasteiger partial charge in [-0.1, -0.05) is 18.9 Å². The molecule has 1 saturated carbocycles. The minimum atomic E-state index is 0. The summed E-state index contributed by atoms with van der Waals surface area (Å²) in [6.45, 7) is 12.1. The summed E-state index contributed by atoms with van der Waals surface area (Å²) in [7, 11) is 0. The molecule has 0 heterocycles. The van der Waals surface area contributed by atoms with Gasteiger partial charge in [0.25, 0.3) is 0 Å². The van der Waals surface area contributed by atoms with Gasteiger partial charge in [0.15, 0.2) is 5.96 Å². The molecule has 2 N–H and O–H groups in total. The average molecular weight is 409 g/mol. The number of halogens is 1. The van der Waals surface area contributed by atoms with E-state index in [0.29, 0.717) is 5.41 Å². The van der Waals surface area contributed by atoms with E-state index in [-0.39, 0.29) is 24.0 Å². The summed E-state index contributed by atoms with van der Waals surface area (Å²) >= 11 is 0. The van der Waals surface area contributed by atoms with E-state index in [0.717, 1.165) is 45.2 Å². The first kappa shape index (κ1) is 20.7. The van der Waals surface area contributed by atoms with Crippen LogP contribution in [0.15, 0.2) is 17.6 Å². The number of nitrogens with zero attached hydrogens (tertiary/aromatic N) is 1. The third kappa shape index (κ3) is 8.04. The van der Waals surface area contributed by atoms with Crippen molar-refractivity contribution in [3.05, 3.63) is 12.7 Å². The quantitative estimate of drug-likeness (QED) is 0.202. The molecule has 0 radical (unpaired) electrons. The molecule has 21 heavy (non-hydrogen) atoms. The molecular formula is C16H32IN3O. The largest absolute Gasteiger partial charge is 0.382 e. The highest BCUT2D eigenvalue weighted by molar-refractivity contribution is 14.0. The van der Waals surface area contributed by atoms with E-state index < -0.39 is 0 Å². The molecule has 0 aromatic rings. The fourth-order valence-corrected chi connectivity index (χ4v) is 2.80. The number of hydrogen-bond acceptors (Lipinski definition) is 2. The number of rotatable bonds is 9. The predicted molar refractivity (Wildman–Crippen MR) is 102 cm³/mol. The van der Waals surface area contributed by atoms with Gasteiger partial charge in [0.1, 0.15) is 0 Å². The molecule has 0 saturated heterocycles. The summed E-state index contributed by atoms with van der Waals surface area (Å²) in [5.74, 6) is 0.898. The van der Waals surface area contributed by atoms with Crippen LogP contribution in [0.5, 0.6) is 0 Å². The molecule has 1 aliphatic rings. The van der Waals surface area contributed by atoms with Crippen molar-refractivity contribution in [2.24, 2.45) is 10.4 Å². The monoisotopic (exact) mass is 409 g/mol. The van der Waals surface area contributed by atoms with Crippen molar-refractivity contribution in [1.29, 1.82) is 0 Å². The zero-order valence-corrected chi connectivity index (χ0v) is 15.9. The fraction of sp³-hybridized carbons (Fsp3) is 0.812. The number of guanidine groups is 1. The molecule has 0 bridgehead atoms. The van der Waals surface area contributed by atoms with Gasteiger partial charge in [-0.3, -0.25) is 4.99 Å². The van der Waals surface area contributed by atoms with Crippen LogP contribution in [0.2, 0.25) is 0 Å². The van der Waals surface area contributed by atoms with Gasteiger partial charge in [-0.05, 0) is 38.5 Å². The highest BCUT2D eigenvalue weighted by atomic mass is 127. The van der Waals surface area contributed by atoms with E-state index >= 15 is 0 Å². The molecule has 0 atom stereocenters. The Labute approximate surface area is 147 Å². The normalized spacial score (nSPS) is 17.1. The van der Waals surface area contributed by atoms with Crippen LogP contribution in [0.3, 0.4) is 0 Å². The summed E-state index contributed by atoms with van der Waals surface area (Å²) in [4.78, 5) is 4.77. The van der Waals surface area contributed by atoms with E-state index in [1.165, 1.54) is 25.7 Å². The van der Waals surface area contributed by atoms with Crippen LogP contribution in [0, 0.1) is 5.41 Å². The first-order chi connectivity index (χ1) is 9.76. The Balaban J connectivity index is 0.00000400. The van der Waals surface area contributed by atoms with Gasteiger partial charge in [0.2, 0.25) is 0 Å². The minimum absolute atomic E-state index is 0. The van der Waals surface area contributed by atoms with Crippen molar-refractivity contribution in [3.8, 4) is 0 Å². The van der Waals surface area contributed by atoms with Crippen molar-refractivity contribution >= 4 is 29.9 Å². The summed E-state index contributed by atoms with van der Waals surface area (Å²) in [5.41, 5.74) is 0.353. The summed E-state index contributed by atoms with van der Waals surface area (Å²) in [5, 5.41) is 6.55. The van der Waals surface area contributed by atoms with Crippen LogP contribution < -0.4 is 10.6 Å². The standard InChI is InChI=1S/C16H31N3O.HI/c1-4-12-18-15(17-5-2)19-14-16(9-7-8-10-16)11-13-20-6-3;/h4H,1,5-14H2,2-3H3,(H2,17,18,19);1H. The second-order valence-electron chi connectivity index (χ2n) is 5.52. The van der Waals surface area contributed by atoms with Crippen molar-refractivity contribution in [2.45, 2.75) is 46.0 Å². The Bertz CT molecular complexity index is 302. The average Bonchev–Trinajstić information content (AvgIpc) is 2.91.